The molecule has 0 unspecified atom stereocenters. The molecule has 2 rings (SSSR count). The van der Waals surface area contributed by atoms with Crippen LogP contribution in [-0.2, 0) is 6.42 Å². The van der Waals surface area contributed by atoms with E-state index in [1.807, 2.05) is 12.3 Å². The summed E-state index contributed by atoms with van der Waals surface area (Å²) in [5.74, 6) is 0. The van der Waals surface area contributed by atoms with Crippen LogP contribution in [0.2, 0.25) is 0 Å². The van der Waals surface area contributed by atoms with Gasteiger partial charge < -0.3 is 0 Å². The summed E-state index contributed by atoms with van der Waals surface area (Å²) in [6.45, 7) is 2.12. The zero-order valence-electron chi connectivity index (χ0n) is 7.27. The van der Waals surface area contributed by atoms with E-state index in [0.29, 0.717) is 0 Å². The van der Waals surface area contributed by atoms with Crippen molar-refractivity contribution in [1.29, 1.82) is 0 Å². The van der Waals surface area contributed by atoms with Gasteiger partial charge in [0.15, 0.2) is 0 Å². The summed E-state index contributed by atoms with van der Waals surface area (Å²) in [7, 11) is 0. The first-order valence-electron chi connectivity index (χ1n) is 4.11. The van der Waals surface area contributed by atoms with E-state index >= 15 is 0 Å². The van der Waals surface area contributed by atoms with Gasteiger partial charge in [-0.2, -0.15) is 0 Å². The van der Waals surface area contributed by atoms with Crippen molar-refractivity contribution >= 4 is 11.3 Å². The third-order valence-corrected chi connectivity index (χ3v) is 2.87. The van der Waals surface area contributed by atoms with Crippen LogP contribution in [0.4, 0.5) is 0 Å². The Hall–Kier alpha value is -1.29. The molecule has 0 N–H and O–H groups in total. The molecular formula is C9H9N3S. The second-order valence-corrected chi connectivity index (χ2v) is 3.70. The number of aryl methyl sites for hydroxylation is 1. The number of hydrogen-bond donors (Lipinski definition) is 0. The van der Waals surface area contributed by atoms with Gasteiger partial charge in [-0.25, -0.2) is 15.0 Å². The quantitative estimate of drug-likeness (QED) is 0.730. The standard InChI is InChI=1S/C9H9N3S/c1-2-7-5-11-9(13-7)8-3-4-10-6-12-8/h3-6H,2H2,1H3. The van der Waals surface area contributed by atoms with Crippen LogP contribution in [0, 0.1) is 0 Å². The van der Waals surface area contributed by atoms with Gasteiger partial charge in [-0.1, -0.05) is 6.92 Å². The minimum absolute atomic E-state index is 0.903. The maximum Gasteiger partial charge on any atom is 0.142 e. The molecule has 0 saturated heterocycles. The third-order valence-electron chi connectivity index (χ3n) is 1.70. The molecule has 0 bridgehead atoms. The molecule has 66 valence electrons. The fourth-order valence-corrected chi connectivity index (χ4v) is 1.84. The zero-order chi connectivity index (χ0) is 9.10. The van der Waals surface area contributed by atoms with Crippen molar-refractivity contribution in [3.63, 3.8) is 0 Å². The van der Waals surface area contributed by atoms with Crippen molar-refractivity contribution < 1.29 is 0 Å². The van der Waals surface area contributed by atoms with E-state index < -0.39 is 0 Å². The number of aromatic nitrogens is 3. The number of nitrogens with zero attached hydrogens (tertiary/aromatic N) is 3. The smallest absolute Gasteiger partial charge is 0.142 e. The highest BCUT2D eigenvalue weighted by molar-refractivity contribution is 7.14. The number of hydrogen-bond acceptors (Lipinski definition) is 4. The molecule has 0 atom stereocenters. The van der Waals surface area contributed by atoms with E-state index in [2.05, 4.69) is 21.9 Å². The molecule has 0 spiro atoms. The lowest BCUT2D eigenvalue weighted by Gasteiger charge is -1.91. The molecule has 0 aromatic carbocycles. The molecular weight excluding hydrogens is 182 g/mol. The van der Waals surface area contributed by atoms with Gasteiger partial charge in [0.2, 0.25) is 0 Å². The van der Waals surface area contributed by atoms with Crippen molar-refractivity contribution in [1.82, 2.24) is 15.0 Å². The van der Waals surface area contributed by atoms with Gasteiger partial charge in [-0.3, -0.25) is 0 Å². The zero-order valence-corrected chi connectivity index (χ0v) is 8.08. The molecule has 0 aliphatic heterocycles. The van der Waals surface area contributed by atoms with Crippen molar-refractivity contribution in [2.75, 3.05) is 0 Å². The molecule has 0 aliphatic carbocycles. The van der Waals surface area contributed by atoms with E-state index in [0.717, 1.165) is 17.1 Å². The molecule has 3 nitrogen and oxygen atoms in total. The summed E-state index contributed by atoms with van der Waals surface area (Å²) < 4.78 is 0. The Morgan fingerprint density at radius 1 is 1.38 bits per heavy atom. The van der Waals surface area contributed by atoms with E-state index in [1.165, 1.54) is 4.88 Å². The second kappa shape index (κ2) is 3.62. The van der Waals surface area contributed by atoms with Crippen LogP contribution in [0.5, 0.6) is 0 Å². The van der Waals surface area contributed by atoms with Crippen molar-refractivity contribution in [3.8, 4) is 10.7 Å². The van der Waals surface area contributed by atoms with Crippen LogP contribution in [0.3, 0.4) is 0 Å². The fourth-order valence-electron chi connectivity index (χ4n) is 1.01. The monoisotopic (exact) mass is 191 g/mol. The van der Waals surface area contributed by atoms with Gasteiger partial charge >= 0.3 is 0 Å². The molecule has 2 aromatic rings. The number of thiazole rings is 1. The van der Waals surface area contributed by atoms with Gasteiger partial charge in [0.1, 0.15) is 17.0 Å². The van der Waals surface area contributed by atoms with Crippen LogP contribution in [0.1, 0.15) is 11.8 Å². The van der Waals surface area contributed by atoms with Crippen molar-refractivity contribution in [2.24, 2.45) is 0 Å². The van der Waals surface area contributed by atoms with Crippen LogP contribution in [0.25, 0.3) is 10.7 Å². The molecule has 0 amide bonds. The first-order valence-corrected chi connectivity index (χ1v) is 4.93. The lowest BCUT2D eigenvalue weighted by Crippen LogP contribution is -1.81. The highest BCUT2D eigenvalue weighted by Gasteiger charge is 2.03. The molecule has 2 heterocycles. The van der Waals surface area contributed by atoms with E-state index in [9.17, 15) is 0 Å². The summed E-state index contributed by atoms with van der Waals surface area (Å²) in [6.07, 6.45) is 6.21. The normalized spacial score (nSPS) is 10.2. The third kappa shape index (κ3) is 1.72. The Labute approximate surface area is 80.5 Å². The van der Waals surface area contributed by atoms with Crippen molar-refractivity contribution in [3.05, 3.63) is 29.7 Å². The van der Waals surface area contributed by atoms with Gasteiger partial charge in [0, 0.05) is 17.3 Å². The molecule has 2 aromatic heterocycles. The summed E-state index contributed by atoms with van der Waals surface area (Å²) in [5.41, 5.74) is 0.903. The highest BCUT2D eigenvalue weighted by atomic mass is 32.1. The lowest BCUT2D eigenvalue weighted by molar-refractivity contribution is 1.15. The SMILES string of the molecule is CCc1cnc(-c2ccncn2)s1. The van der Waals surface area contributed by atoms with E-state index in [4.69, 9.17) is 0 Å². The predicted octanol–water partition coefficient (Wildman–Crippen LogP) is 2.16. The fraction of sp³-hybridized carbons (Fsp3) is 0.222. The molecule has 13 heavy (non-hydrogen) atoms. The van der Waals surface area contributed by atoms with Gasteiger partial charge in [0.05, 0.1) is 0 Å². The Morgan fingerprint density at radius 3 is 2.92 bits per heavy atom. The first-order chi connectivity index (χ1) is 6.40. The van der Waals surface area contributed by atoms with Gasteiger partial charge in [-0.05, 0) is 12.5 Å². The maximum atomic E-state index is 4.29. The van der Waals surface area contributed by atoms with Gasteiger partial charge in [-0.15, -0.1) is 11.3 Å². The highest BCUT2D eigenvalue weighted by Crippen LogP contribution is 2.22. The minimum Gasteiger partial charge on any atom is -0.245 e. The molecule has 0 fully saturated rings. The lowest BCUT2D eigenvalue weighted by atomic mass is 10.4. The second-order valence-electron chi connectivity index (χ2n) is 2.58. The predicted molar refractivity (Wildman–Crippen MR) is 52.5 cm³/mol. The molecule has 0 radical (unpaired) electrons. The Balaban J connectivity index is 2.36. The average molecular weight is 191 g/mol. The van der Waals surface area contributed by atoms with Gasteiger partial charge in [0.25, 0.3) is 0 Å². The van der Waals surface area contributed by atoms with Crippen LogP contribution < -0.4 is 0 Å². The molecule has 4 heteroatoms. The van der Waals surface area contributed by atoms with E-state index in [1.54, 1.807) is 23.9 Å². The number of rotatable bonds is 2. The minimum atomic E-state index is 0.903. The molecule has 0 aliphatic rings. The summed E-state index contributed by atoms with van der Waals surface area (Å²) in [6, 6.07) is 1.87. The topological polar surface area (TPSA) is 38.7 Å². The van der Waals surface area contributed by atoms with E-state index in [-0.39, 0.29) is 0 Å². The van der Waals surface area contributed by atoms with Crippen LogP contribution in [0.15, 0.2) is 24.8 Å². The van der Waals surface area contributed by atoms with Crippen molar-refractivity contribution in [2.45, 2.75) is 13.3 Å². The first kappa shape index (κ1) is 8.31. The van der Waals surface area contributed by atoms with Crippen LogP contribution >= 0.6 is 11.3 Å². The molecule has 0 saturated carbocycles. The van der Waals surface area contributed by atoms with Crippen LogP contribution in [-0.4, -0.2) is 15.0 Å². The Morgan fingerprint density at radius 2 is 2.31 bits per heavy atom. The Kier molecular flexibility index (Phi) is 2.31. The summed E-state index contributed by atoms with van der Waals surface area (Å²) in [4.78, 5) is 13.6. The average Bonchev–Trinajstić information content (AvgIpc) is 2.67. The summed E-state index contributed by atoms with van der Waals surface area (Å²) in [5, 5.41) is 0.972. The largest absolute Gasteiger partial charge is 0.245 e. The summed E-state index contributed by atoms with van der Waals surface area (Å²) >= 11 is 1.68. The Bertz CT molecular complexity index is 383. The maximum absolute atomic E-state index is 4.29.